The van der Waals surface area contributed by atoms with Crippen LogP contribution in [0.2, 0.25) is 10.0 Å². The van der Waals surface area contributed by atoms with Crippen LogP contribution >= 0.6 is 23.2 Å². The summed E-state index contributed by atoms with van der Waals surface area (Å²) in [4.78, 5) is 26.7. The van der Waals surface area contributed by atoms with Crippen molar-refractivity contribution in [3.8, 4) is 0 Å². The van der Waals surface area contributed by atoms with Crippen molar-refractivity contribution in [2.45, 2.75) is 12.6 Å². The van der Waals surface area contributed by atoms with Crippen LogP contribution in [-0.4, -0.2) is 54.6 Å². The standard InChI is InChI=1S/C14H16Cl2FN3O2/c1-19-12(8-20(5-4-17)14(19)22)13(21)18-7-9-2-3-10(15)6-11(9)16/h2-3,6,12H,4-5,7-8H2,1H3,(H,18,21). The molecule has 1 fully saturated rings. The van der Waals surface area contributed by atoms with E-state index in [-0.39, 0.29) is 31.6 Å². The fourth-order valence-electron chi connectivity index (χ4n) is 2.28. The van der Waals surface area contributed by atoms with Crippen LogP contribution in [0.3, 0.4) is 0 Å². The molecule has 0 bridgehead atoms. The van der Waals surface area contributed by atoms with Crippen molar-refractivity contribution in [1.29, 1.82) is 0 Å². The van der Waals surface area contributed by atoms with Gasteiger partial charge in [-0.05, 0) is 17.7 Å². The number of amides is 3. The van der Waals surface area contributed by atoms with Gasteiger partial charge in [-0.15, -0.1) is 0 Å². The number of likely N-dealkylation sites (N-methyl/N-ethyl adjacent to an activating group) is 1. The molecule has 1 atom stereocenters. The van der Waals surface area contributed by atoms with Gasteiger partial charge in [0, 0.05) is 23.6 Å². The van der Waals surface area contributed by atoms with Crippen molar-refractivity contribution < 1.29 is 14.0 Å². The maximum absolute atomic E-state index is 12.4. The number of hydrogen-bond donors (Lipinski definition) is 1. The zero-order valence-electron chi connectivity index (χ0n) is 12.0. The molecule has 0 aromatic heterocycles. The van der Waals surface area contributed by atoms with Crippen LogP contribution in [0.1, 0.15) is 5.56 Å². The normalized spacial score (nSPS) is 18.0. The summed E-state index contributed by atoms with van der Waals surface area (Å²) >= 11 is 11.9. The lowest BCUT2D eigenvalue weighted by atomic mass is 10.2. The highest BCUT2D eigenvalue weighted by Gasteiger charge is 2.38. The van der Waals surface area contributed by atoms with Crippen LogP contribution in [0, 0.1) is 0 Å². The zero-order chi connectivity index (χ0) is 16.3. The molecule has 22 heavy (non-hydrogen) atoms. The Kier molecular flexibility index (Phi) is 5.47. The van der Waals surface area contributed by atoms with Gasteiger partial charge in [0.2, 0.25) is 5.91 Å². The molecule has 1 aliphatic rings. The molecule has 1 aliphatic heterocycles. The molecule has 1 heterocycles. The second-order valence-electron chi connectivity index (χ2n) is 5.00. The molecule has 1 unspecified atom stereocenters. The number of alkyl halides is 1. The fraction of sp³-hybridized carbons (Fsp3) is 0.429. The Morgan fingerprint density at radius 2 is 2.18 bits per heavy atom. The number of carbonyl (C=O) groups excluding carboxylic acids is 2. The lowest BCUT2D eigenvalue weighted by molar-refractivity contribution is -0.124. The van der Waals surface area contributed by atoms with Gasteiger partial charge >= 0.3 is 6.03 Å². The molecule has 1 aromatic carbocycles. The Labute approximate surface area is 138 Å². The third kappa shape index (κ3) is 3.62. The van der Waals surface area contributed by atoms with Gasteiger partial charge in [-0.3, -0.25) is 4.79 Å². The van der Waals surface area contributed by atoms with Crippen molar-refractivity contribution in [2.75, 3.05) is 26.8 Å². The van der Waals surface area contributed by atoms with Gasteiger partial charge < -0.3 is 15.1 Å². The smallest absolute Gasteiger partial charge is 0.320 e. The Hall–Kier alpha value is -1.53. The molecule has 1 aromatic rings. The highest BCUT2D eigenvalue weighted by Crippen LogP contribution is 2.21. The van der Waals surface area contributed by atoms with Crippen LogP contribution in [0.4, 0.5) is 9.18 Å². The van der Waals surface area contributed by atoms with E-state index < -0.39 is 12.7 Å². The second-order valence-corrected chi connectivity index (χ2v) is 5.84. The largest absolute Gasteiger partial charge is 0.350 e. The zero-order valence-corrected chi connectivity index (χ0v) is 13.5. The predicted octanol–water partition coefficient (Wildman–Crippen LogP) is 2.32. The number of nitrogens with one attached hydrogen (secondary N) is 1. The van der Waals surface area contributed by atoms with Crippen molar-refractivity contribution in [3.63, 3.8) is 0 Å². The fourth-order valence-corrected chi connectivity index (χ4v) is 2.75. The Bertz CT molecular complexity index is 585. The van der Waals surface area contributed by atoms with E-state index in [1.54, 1.807) is 18.2 Å². The summed E-state index contributed by atoms with van der Waals surface area (Å²) < 4.78 is 12.4. The van der Waals surface area contributed by atoms with Gasteiger partial charge in [-0.2, -0.15) is 0 Å². The summed E-state index contributed by atoms with van der Waals surface area (Å²) in [5.74, 6) is -0.303. The van der Waals surface area contributed by atoms with Gasteiger partial charge in [0.15, 0.2) is 0 Å². The summed E-state index contributed by atoms with van der Waals surface area (Å²) in [6, 6.07) is 4.03. The minimum Gasteiger partial charge on any atom is -0.350 e. The SMILES string of the molecule is CN1C(=O)N(CCF)CC1C(=O)NCc1ccc(Cl)cc1Cl. The van der Waals surface area contributed by atoms with Gasteiger partial charge in [0.05, 0.1) is 13.1 Å². The summed E-state index contributed by atoms with van der Waals surface area (Å²) in [7, 11) is 1.53. The van der Waals surface area contributed by atoms with Gasteiger partial charge in [0.1, 0.15) is 12.7 Å². The molecule has 8 heteroatoms. The minimum absolute atomic E-state index is 0.00400. The lowest BCUT2D eigenvalue weighted by Gasteiger charge is -2.17. The van der Waals surface area contributed by atoms with E-state index in [0.29, 0.717) is 10.0 Å². The highest BCUT2D eigenvalue weighted by atomic mass is 35.5. The van der Waals surface area contributed by atoms with Crippen LogP contribution in [0.25, 0.3) is 0 Å². The summed E-state index contributed by atoms with van der Waals surface area (Å²) in [6.07, 6.45) is 0. The number of rotatable bonds is 5. The van der Waals surface area contributed by atoms with Crippen LogP contribution in [0.15, 0.2) is 18.2 Å². The molecular formula is C14H16Cl2FN3O2. The first-order valence-corrected chi connectivity index (χ1v) is 7.49. The Morgan fingerprint density at radius 1 is 1.45 bits per heavy atom. The Morgan fingerprint density at radius 3 is 2.82 bits per heavy atom. The number of benzene rings is 1. The van der Waals surface area contributed by atoms with E-state index in [4.69, 9.17) is 23.2 Å². The molecule has 1 N–H and O–H groups in total. The van der Waals surface area contributed by atoms with Crippen LogP contribution < -0.4 is 5.32 Å². The number of halogens is 3. The van der Waals surface area contributed by atoms with E-state index in [2.05, 4.69) is 5.32 Å². The average molecular weight is 348 g/mol. The van der Waals surface area contributed by atoms with Crippen LogP contribution in [-0.2, 0) is 11.3 Å². The van der Waals surface area contributed by atoms with Crippen molar-refractivity contribution >= 4 is 35.1 Å². The highest BCUT2D eigenvalue weighted by molar-refractivity contribution is 6.35. The number of hydrogen-bond acceptors (Lipinski definition) is 2. The van der Waals surface area contributed by atoms with E-state index in [1.807, 2.05) is 0 Å². The molecule has 3 amide bonds. The Balaban J connectivity index is 1.96. The third-order valence-corrected chi connectivity index (χ3v) is 4.15. The number of carbonyl (C=O) groups is 2. The molecule has 0 saturated carbocycles. The van der Waals surface area contributed by atoms with E-state index in [1.165, 1.54) is 16.8 Å². The number of urea groups is 1. The molecular weight excluding hydrogens is 332 g/mol. The van der Waals surface area contributed by atoms with E-state index in [0.717, 1.165) is 5.56 Å². The van der Waals surface area contributed by atoms with Gasteiger partial charge in [0.25, 0.3) is 0 Å². The quantitative estimate of drug-likeness (QED) is 0.888. The van der Waals surface area contributed by atoms with Crippen molar-refractivity contribution in [3.05, 3.63) is 33.8 Å². The lowest BCUT2D eigenvalue weighted by Crippen LogP contribution is -2.43. The van der Waals surface area contributed by atoms with E-state index in [9.17, 15) is 14.0 Å². The van der Waals surface area contributed by atoms with Gasteiger partial charge in [-0.25, -0.2) is 9.18 Å². The second kappa shape index (κ2) is 7.15. The third-order valence-electron chi connectivity index (χ3n) is 3.56. The monoisotopic (exact) mass is 347 g/mol. The van der Waals surface area contributed by atoms with Gasteiger partial charge in [-0.1, -0.05) is 29.3 Å². The topological polar surface area (TPSA) is 52.7 Å². The maximum Gasteiger partial charge on any atom is 0.320 e. The molecule has 2 rings (SSSR count). The first-order chi connectivity index (χ1) is 10.4. The first-order valence-electron chi connectivity index (χ1n) is 6.73. The van der Waals surface area contributed by atoms with Crippen molar-refractivity contribution in [2.24, 2.45) is 0 Å². The molecule has 120 valence electrons. The summed E-state index contributed by atoms with van der Waals surface area (Å²) in [5.41, 5.74) is 0.729. The first kappa shape index (κ1) is 16.8. The van der Waals surface area contributed by atoms with Crippen molar-refractivity contribution in [1.82, 2.24) is 15.1 Å². The predicted molar refractivity (Wildman–Crippen MR) is 82.8 cm³/mol. The minimum atomic E-state index is -0.634. The average Bonchev–Trinajstić information content (AvgIpc) is 2.75. The maximum atomic E-state index is 12.4. The molecule has 0 aliphatic carbocycles. The molecule has 0 radical (unpaired) electrons. The van der Waals surface area contributed by atoms with Crippen LogP contribution in [0.5, 0.6) is 0 Å². The molecule has 0 spiro atoms. The summed E-state index contributed by atoms with van der Waals surface area (Å²) in [6.45, 7) is -0.222. The van der Waals surface area contributed by atoms with E-state index >= 15 is 0 Å². The molecule has 5 nitrogen and oxygen atoms in total. The number of nitrogens with zero attached hydrogens (tertiary/aromatic N) is 2. The summed E-state index contributed by atoms with van der Waals surface area (Å²) in [5, 5.41) is 3.71. The molecule has 1 saturated heterocycles.